The second kappa shape index (κ2) is 10.4. The fourth-order valence-electron chi connectivity index (χ4n) is 4.15. The Bertz CT molecular complexity index is 1470. The highest BCUT2D eigenvalue weighted by Gasteiger charge is 2.36. The van der Waals surface area contributed by atoms with Crippen LogP contribution in [-0.2, 0) is 16.8 Å². The van der Waals surface area contributed by atoms with E-state index in [4.69, 9.17) is 9.88 Å². The molecule has 1 unspecified atom stereocenters. The number of halogens is 3. The average Bonchev–Trinajstić information content (AvgIpc) is 2.83. The first kappa shape index (κ1) is 27.6. The molecule has 0 bridgehead atoms. The first-order chi connectivity index (χ1) is 17.8. The summed E-state index contributed by atoms with van der Waals surface area (Å²) in [7, 11) is -3.98. The number of nitrogens with two attached hydrogens (primary N) is 1. The van der Waals surface area contributed by atoms with Crippen LogP contribution in [0.2, 0.25) is 0 Å². The summed E-state index contributed by atoms with van der Waals surface area (Å²) in [6, 6.07) is 6.81. The summed E-state index contributed by atoms with van der Waals surface area (Å²) < 4.78 is 74.6. The molecule has 0 fully saturated rings. The molecule has 0 spiro atoms. The number of anilines is 3. The fourth-order valence-corrected chi connectivity index (χ4v) is 4.51. The second-order valence-corrected chi connectivity index (χ2v) is 11.1. The molecule has 0 aliphatic carbocycles. The topological polar surface area (TPSA) is 122 Å². The predicted octanol–water partition coefficient (Wildman–Crippen LogP) is 4.37. The summed E-state index contributed by atoms with van der Waals surface area (Å²) in [5.41, 5.74) is 0.229. The summed E-state index contributed by atoms with van der Waals surface area (Å²) in [6.45, 7) is 8.00. The molecule has 204 valence electrons. The lowest BCUT2D eigenvalue weighted by atomic mass is 10.00. The van der Waals surface area contributed by atoms with Gasteiger partial charge in [0.25, 0.3) is 10.2 Å². The zero-order valence-electron chi connectivity index (χ0n) is 21.3. The maximum absolute atomic E-state index is 15.3. The zero-order chi connectivity index (χ0) is 27.8. The molecule has 2 heterocycles. The minimum atomic E-state index is -3.98. The molecule has 0 radical (unpaired) electrons. The van der Waals surface area contributed by atoms with Crippen LogP contribution in [0.15, 0.2) is 36.5 Å². The van der Waals surface area contributed by atoms with E-state index in [1.807, 2.05) is 37.3 Å². The number of rotatable bonds is 8. The summed E-state index contributed by atoms with van der Waals surface area (Å²) in [5, 5.41) is 7.66. The number of benzene rings is 2. The van der Waals surface area contributed by atoms with Crippen molar-refractivity contribution in [2.45, 2.75) is 52.3 Å². The van der Waals surface area contributed by atoms with Crippen LogP contribution < -0.4 is 24.8 Å². The Hall–Kier alpha value is -3.42. The van der Waals surface area contributed by atoms with Crippen molar-refractivity contribution in [3.63, 3.8) is 0 Å². The summed E-state index contributed by atoms with van der Waals surface area (Å²) >= 11 is 0. The van der Waals surface area contributed by atoms with Gasteiger partial charge in [-0.2, -0.15) is 13.1 Å². The van der Waals surface area contributed by atoms with Crippen LogP contribution in [0.5, 0.6) is 5.75 Å². The van der Waals surface area contributed by atoms with Crippen molar-refractivity contribution in [3.05, 3.63) is 59.5 Å². The van der Waals surface area contributed by atoms with Gasteiger partial charge < -0.3 is 15.0 Å². The molecule has 9 nitrogen and oxygen atoms in total. The number of nitrogens with one attached hydrogen (secondary N) is 2. The molecule has 0 saturated heterocycles. The molecule has 2 aromatic carbocycles. The number of ether oxygens (including phenoxy) is 1. The third-order valence-electron chi connectivity index (χ3n) is 6.18. The molecule has 1 aliphatic heterocycles. The average molecular weight is 551 g/mol. The van der Waals surface area contributed by atoms with Crippen LogP contribution in [0.25, 0.3) is 11.3 Å². The van der Waals surface area contributed by atoms with Crippen molar-refractivity contribution in [2.75, 3.05) is 16.8 Å². The highest BCUT2D eigenvalue weighted by Crippen LogP contribution is 2.43. The molecule has 1 atom stereocenters. The van der Waals surface area contributed by atoms with Crippen molar-refractivity contribution in [2.24, 2.45) is 5.14 Å². The van der Waals surface area contributed by atoms with Gasteiger partial charge in [-0.1, -0.05) is 13.0 Å². The van der Waals surface area contributed by atoms with E-state index in [1.54, 1.807) is 6.07 Å². The summed E-state index contributed by atoms with van der Waals surface area (Å²) in [4.78, 5) is 10.2. The standard InChI is InChI=1S/C25H29F3N6O3S/c1-5-14(2)34-13-25(3,4)37-23-19(27)8-16(9-21(23)34)22-20(28)12-30-24(33-22)32-17-7-6-15(18(26)10-17)11-31-38(29,35)36/h6-10,12,14,31H,5,11,13H2,1-4H3,(H2,29,35,36)(H,30,32,33). The highest BCUT2D eigenvalue weighted by molar-refractivity contribution is 7.87. The predicted molar refractivity (Wildman–Crippen MR) is 139 cm³/mol. The van der Waals surface area contributed by atoms with Crippen LogP contribution in [-0.4, -0.2) is 36.6 Å². The maximum atomic E-state index is 15.3. The first-order valence-electron chi connectivity index (χ1n) is 11.9. The molecule has 1 aromatic heterocycles. The third kappa shape index (κ3) is 6.17. The molecule has 4 N–H and O–H groups in total. The molecule has 1 aliphatic rings. The van der Waals surface area contributed by atoms with Crippen molar-refractivity contribution < 1.29 is 26.3 Å². The van der Waals surface area contributed by atoms with Crippen LogP contribution >= 0.6 is 0 Å². The van der Waals surface area contributed by atoms with Gasteiger partial charge in [-0.05, 0) is 51.5 Å². The van der Waals surface area contributed by atoms with E-state index in [9.17, 15) is 17.2 Å². The van der Waals surface area contributed by atoms with Crippen LogP contribution in [0.4, 0.5) is 30.5 Å². The Kier molecular flexibility index (Phi) is 7.55. The molecule has 3 aromatic rings. The Morgan fingerprint density at radius 2 is 1.89 bits per heavy atom. The molecule has 38 heavy (non-hydrogen) atoms. The van der Waals surface area contributed by atoms with Gasteiger partial charge in [-0.25, -0.2) is 28.3 Å². The van der Waals surface area contributed by atoms with Gasteiger partial charge in [-0.3, -0.25) is 0 Å². The van der Waals surface area contributed by atoms with Crippen molar-refractivity contribution >= 4 is 27.5 Å². The highest BCUT2D eigenvalue weighted by atomic mass is 32.2. The second-order valence-electron chi connectivity index (χ2n) is 9.74. The molecule has 13 heteroatoms. The van der Waals surface area contributed by atoms with E-state index >= 15 is 4.39 Å². The molecule has 0 amide bonds. The third-order valence-corrected chi connectivity index (χ3v) is 6.72. The van der Waals surface area contributed by atoms with Crippen LogP contribution in [0.3, 0.4) is 0 Å². The number of hydrogen-bond acceptors (Lipinski definition) is 7. The van der Waals surface area contributed by atoms with Crippen LogP contribution in [0.1, 0.15) is 39.7 Å². The minimum absolute atomic E-state index is 0.0505. The van der Waals surface area contributed by atoms with Crippen molar-refractivity contribution in [3.8, 4) is 17.0 Å². The van der Waals surface area contributed by atoms with Gasteiger partial charge in [0.1, 0.15) is 17.1 Å². The molecule has 0 saturated carbocycles. The molecular formula is C25H29F3N6O3S. The van der Waals surface area contributed by atoms with E-state index in [0.29, 0.717) is 12.2 Å². The fraction of sp³-hybridized carbons (Fsp3) is 0.360. The van der Waals surface area contributed by atoms with Gasteiger partial charge in [0.2, 0.25) is 5.95 Å². The van der Waals surface area contributed by atoms with Crippen molar-refractivity contribution in [1.82, 2.24) is 14.7 Å². The quantitative estimate of drug-likeness (QED) is 0.381. The largest absolute Gasteiger partial charge is 0.481 e. The Balaban J connectivity index is 1.66. The Morgan fingerprint density at radius 3 is 2.55 bits per heavy atom. The molecular weight excluding hydrogens is 521 g/mol. The summed E-state index contributed by atoms with van der Waals surface area (Å²) in [6.07, 6.45) is 1.75. The normalized spacial score (nSPS) is 15.5. The van der Waals surface area contributed by atoms with Crippen molar-refractivity contribution in [1.29, 1.82) is 0 Å². The van der Waals surface area contributed by atoms with E-state index in [-0.39, 0.29) is 46.8 Å². The monoisotopic (exact) mass is 550 g/mol. The number of fused-ring (bicyclic) bond motifs is 1. The van der Waals surface area contributed by atoms with E-state index in [1.165, 1.54) is 12.1 Å². The number of nitrogens with zero attached hydrogens (tertiary/aromatic N) is 3. The number of hydrogen-bond donors (Lipinski definition) is 3. The number of aromatic nitrogens is 2. The van der Waals surface area contributed by atoms with Gasteiger partial charge in [-0.15, -0.1) is 0 Å². The Morgan fingerprint density at radius 1 is 1.16 bits per heavy atom. The van der Waals surface area contributed by atoms with E-state index in [0.717, 1.165) is 24.8 Å². The smallest absolute Gasteiger partial charge is 0.274 e. The van der Waals surface area contributed by atoms with Gasteiger partial charge >= 0.3 is 0 Å². The summed E-state index contributed by atoms with van der Waals surface area (Å²) in [5.74, 6) is -2.07. The lowest BCUT2D eigenvalue weighted by molar-refractivity contribution is 0.0960. The lowest BCUT2D eigenvalue weighted by Gasteiger charge is -2.44. The van der Waals surface area contributed by atoms with Crippen LogP contribution in [0, 0.1) is 17.5 Å². The van der Waals surface area contributed by atoms with E-state index in [2.05, 4.69) is 15.3 Å². The Labute approximate surface area is 219 Å². The zero-order valence-corrected chi connectivity index (χ0v) is 22.2. The van der Waals surface area contributed by atoms with Gasteiger partial charge in [0, 0.05) is 29.4 Å². The maximum Gasteiger partial charge on any atom is 0.274 e. The lowest BCUT2D eigenvalue weighted by Crippen LogP contribution is -2.50. The first-order valence-corrected chi connectivity index (χ1v) is 13.5. The minimum Gasteiger partial charge on any atom is -0.481 e. The SMILES string of the molecule is CCC(C)N1CC(C)(C)Oc2c(F)cc(-c3nc(Nc4ccc(CNS(N)(=O)=O)c(F)c4)ncc3F)cc21. The van der Waals surface area contributed by atoms with Gasteiger partial charge in [0.05, 0.1) is 18.4 Å². The van der Waals surface area contributed by atoms with E-state index < -0.39 is 33.3 Å². The van der Waals surface area contributed by atoms with Gasteiger partial charge in [0.15, 0.2) is 17.4 Å². The molecule has 4 rings (SSSR count).